The minimum Gasteiger partial charge on any atom is -0.462 e. The van der Waals surface area contributed by atoms with Crippen molar-refractivity contribution in [3.05, 3.63) is 12.2 Å². The molecule has 128 valence electrons. The Morgan fingerprint density at radius 2 is 2.04 bits per heavy atom. The molecule has 2 saturated heterocycles. The minimum atomic E-state index is 0.0819. The summed E-state index contributed by atoms with van der Waals surface area (Å²) in [6, 6.07) is 0. The molecule has 2 aliphatic carbocycles. The number of fused-ring (bicyclic) bond motifs is 2. The van der Waals surface area contributed by atoms with Crippen LogP contribution >= 0.6 is 0 Å². The van der Waals surface area contributed by atoms with E-state index < -0.39 is 0 Å². The molecule has 2 aliphatic heterocycles. The van der Waals surface area contributed by atoms with Crippen molar-refractivity contribution >= 4 is 5.97 Å². The molecule has 0 bridgehead atoms. The lowest BCUT2D eigenvalue weighted by atomic mass is 9.55. The molecule has 0 radical (unpaired) electrons. The zero-order chi connectivity index (χ0) is 16.0. The van der Waals surface area contributed by atoms with Gasteiger partial charge in [-0.05, 0) is 69.4 Å². The van der Waals surface area contributed by atoms with Gasteiger partial charge in [-0.3, -0.25) is 4.79 Å². The highest BCUT2D eigenvalue weighted by Gasteiger charge is 2.55. The fourth-order valence-corrected chi connectivity index (χ4v) is 5.88. The van der Waals surface area contributed by atoms with Crippen LogP contribution in [0.15, 0.2) is 12.2 Å². The van der Waals surface area contributed by atoms with E-state index >= 15 is 0 Å². The van der Waals surface area contributed by atoms with Crippen molar-refractivity contribution in [1.29, 1.82) is 0 Å². The van der Waals surface area contributed by atoms with Crippen LogP contribution in [0, 0.1) is 23.2 Å². The van der Waals surface area contributed by atoms with Crippen LogP contribution in [0.5, 0.6) is 0 Å². The first-order chi connectivity index (χ1) is 11.1. The number of carbonyl (C=O) groups excluding carboxylic acids is 1. The van der Waals surface area contributed by atoms with E-state index in [4.69, 9.17) is 4.74 Å². The van der Waals surface area contributed by atoms with Crippen molar-refractivity contribution in [3.63, 3.8) is 0 Å². The molecule has 2 heterocycles. The Balaban J connectivity index is 1.50. The van der Waals surface area contributed by atoms with E-state index in [1.165, 1.54) is 44.1 Å². The molecular formula is C20H31NO2. The van der Waals surface area contributed by atoms with Crippen LogP contribution in [0.25, 0.3) is 0 Å². The van der Waals surface area contributed by atoms with Crippen LogP contribution in [0.2, 0.25) is 0 Å². The van der Waals surface area contributed by atoms with Crippen molar-refractivity contribution in [1.82, 2.24) is 4.90 Å². The number of likely N-dealkylation sites (tertiary alicyclic amines) is 1. The fraction of sp³-hybridized carbons (Fsp3) is 0.850. The number of hydrogen-bond acceptors (Lipinski definition) is 3. The normalized spacial score (nSPS) is 44.6. The van der Waals surface area contributed by atoms with Crippen molar-refractivity contribution in [3.8, 4) is 0 Å². The third kappa shape index (κ3) is 2.75. The number of nitrogens with zero attached hydrogens (tertiary/aromatic N) is 1. The number of esters is 1. The van der Waals surface area contributed by atoms with Crippen LogP contribution < -0.4 is 0 Å². The lowest BCUT2D eigenvalue weighted by Crippen LogP contribution is -2.46. The van der Waals surface area contributed by atoms with Gasteiger partial charge in [-0.15, -0.1) is 0 Å². The Morgan fingerprint density at radius 1 is 1.26 bits per heavy atom. The second-order valence-electron chi connectivity index (χ2n) is 8.77. The van der Waals surface area contributed by atoms with E-state index in [9.17, 15) is 4.79 Å². The molecule has 23 heavy (non-hydrogen) atoms. The average Bonchev–Trinajstić information content (AvgIpc) is 2.81. The second kappa shape index (κ2) is 5.91. The third-order valence-electron chi connectivity index (χ3n) is 7.22. The Hall–Kier alpha value is -0.830. The van der Waals surface area contributed by atoms with Gasteiger partial charge >= 0.3 is 5.97 Å². The maximum Gasteiger partial charge on any atom is 0.310 e. The number of rotatable bonds is 2. The lowest BCUT2D eigenvalue weighted by molar-refractivity contribution is -0.146. The summed E-state index contributed by atoms with van der Waals surface area (Å²) >= 11 is 0. The molecule has 5 atom stereocenters. The van der Waals surface area contributed by atoms with Gasteiger partial charge in [-0.25, -0.2) is 0 Å². The lowest BCUT2D eigenvalue weighted by Gasteiger charge is -2.50. The van der Waals surface area contributed by atoms with Gasteiger partial charge in [0.1, 0.15) is 6.10 Å². The van der Waals surface area contributed by atoms with Gasteiger partial charge in [0, 0.05) is 12.5 Å². The summed E-state index contributed by atoms with van der Waals surface area (Å²) < 4.78 is 5.87. The summed E-state index contributed by atoms with van der Waals surface area (Å²) in [4.78, 5) is 15.0. The second-order valence-corrected chi connectivity index (χ2v) is 8.77. The molecule has 0 N–H and O–H groups in total. The third-order valence-corrected chi connectivity index (χ3v) is 7.22. The molecule has 4 rings (SSSR count). The van der Waals surface area contributed by atoms with Gasteiger partial charge in [-0.1, -0.05) is 25.5 Å². The molecule has 3 heteroatoms. The SMILES string of the molecule is C=C1CCC[C@]2(C)C[C@H]3OC(=O)[C@H](CN4CCCCC4)[C@H]3C[C@@H]12. The Morgan fingerprint density at radius 3 is 2.83 bits per heavy atom. The highest BCUT2D eigenvalue weighted by Crippen LogP contribution is 2.56. The molecule has 0 spiro atoms. The number of carbonyl (C=O) groups is 1. The van der Waals surface area contributed by atoms with E-state index in [0.717, 1.165) is 32.5 Å². The summed E-state index contributed by atoms with van der Waals surface area (Å²) in [6.45, 7) is 10.0. The van der Waals surface area contributed by atoms with Crippen molar-refractivity contribution in [2.45, 2.75) is 64.4 Å². The summed E-state index contributed by atoms with van der Waals surface area (Å²) in [5, 5.41) is 0. The number of ether oxygens (including phenoxy) is 1. The van der Waals surface area contributed by atoms with Crippen molar-refractivity contribution in [2.24, 2.45) is 23.2 Å². The summed E-state index contributed by atoms with van der Waals surface area (Å²) in [7, 11) is 0. The van der Waals surface area contributed by atoms with E-state index in [2.05, 4.69) is 18.4 Å². The van der Waals surface area contributed by atoms with Crippen LogP contribution in [0.1, 0.15) is 58.3 Å². The first kappa shape index (κ1) is 15.7. The molecule has 0 aromatic rings. The molecule has 2 saturated carbocycles. The highest BCUT2D eigenvalue weighted by atomic mass is 16.6. The number of hydrogen-bond donors (Lipinski definition) is 0. The van der Waals surface area contributed by atoms with Gasteiger partial charge in [0.2, 0.25) is 0 Å². The number of piperidine rings is 1. The first-order valence-electron chi connectivity index (χ1n) is 9.67. The van der Waals surface area contributed by atoms with Gasteiger partial charge in [0.05, 0.1) is 5.92 Å². The molecule has 0 unspecified atom stereocenters. The molecule has 0 aromatic heterocycles. The molecule has 0 amide bonds. The quantitative estimate of drug-likeness (QED) is 0.573. The minimum absolute atomic E-state index is 0.0819. The van der Waals surface area contributed by atoms with Gasteiger partial charge in [-0.2, -0.15) is 0 Å². The first-order valence-corrected chi connectivity index (χ1v) is 9.67. The fourth-order valence-electron chi connectivity index (χ4n) is 5.88. The summed E-state index contributed by atoms with van der Waals surface area (Å²) in [5.74, 6) is 1.23. The zero-order valence-corrected chi connectivity index (χ0v) is 14.6. The average molecular weight is 317 g/mol. The van der Waals surface area contributed by atoms with E-state index in [0.29, 0.717) is 17.3 Å². The van der Waals surface area contributed by atoms with Gasteiger partial charge in [0.15, 0.2) is 0 Å². The summed E-state index contributed by atoms with van der Waals surface area (Å²) in [6.07, 6.45) is 9.99. The Kier molecular flexibility index (Phi) is 4.03. The molecule has 3 nitrogen and oxygen atoms in total. The van der Waals surface area contributed by atoms with Gasteiger partial charge < -0.3 is 9.64 Å². The van der Waals surface area contributed by atoms with E-state index in [1.54, 1.807) is 0 Å². The van der Waals surface area contributed by atoms with Crippen molar-refractivity contribution < 1.29 is 9.53 Å². The summed E-state index contributed by atoms with van der Waals surface area (Å²) in [5.41, 5.74) is 1.75. The van der Waals surface area contributed by atoms with Crippen LogP contribution in [0.4, 0.5) is 0 Å². The predicted molar refractivity (Wildman–Crippen MR) is 91.0 cm³/mol. The number of allylic oxidation sites excluding steroid dienone is 1. The van der Waals surface area contributed by atoms with Crippen molar-refractivity contribution in [2.75, 3.05) is 19.6 Å². The Labute approximate surface area is 140 Å². The van der Waals surface area contributed by atoms with Crippen LogP contribution in [0.3, 0.4) is 0 Å². The van der Waals surface area contributed by atoms with Gasteiger partial charge in [0.25, 0.3) is 0 Å². The standard InChI is InChI=1S/C20H31NO2/c1-14-7-6-8-20(2)12-18-15(11-17(14)20)16(19(22)23-18)13-21-9-4-3-5-10-21/h15-18H,1,3-13H2,2H3/t15-,16-,17+,18-,20-/m1/s1. The van der Waals surface area contributed by atoms with E-state index in [-0.39, 0.29) is 18.0 Å². The Bertz CT molecular complexity index is 496. The highest BCUT2D eigenvalue weighted by molar-refractivity contribution is 5.75. The molecule has 4 aliphatic rings. The largest absolute Gasteiger partial charge is 0.462 e. The smallest absolute Gasteiger partial charge is 0.310 e. The molecular weight excluding hydrogens is 286 g/mol. The zero-order valence-electron chi connectivity index (χ0n) is 14.6. The topological polar surface area (TPSA) is 29.5 Å². The van der Waals surface area contributed by atoms with Crippen LogP contribution in [-0.2, 0) is 9.53 Å². The molecule has 0 aromatic carbocycles. The maximum absolute atomic E-state index is 12.5. The van der Waals surface area contributed by atoms with E-state index in [1.807, 2.05) is 0 Å². The maximum atomic E-state index is 12.5. The van der Waals surface area contributed by atoms with Crippen LogP contribution in [-0.4, -0.2) is 36.6 Å². The monoisotopic (exact) mass is 317 g/mol. The molecule has 4 fully saturated rings. The predicted octanol–water partition coefficient (Wildman–Crippen LogP) is 3.79.